The Hall–Kier alpha value is -0.970. The van der Waals surface area contributed by atoms with Gasteiger partial charge < -0.3 is 10.5 Å². The van der Waals surface area contributed by atoms with Crippen LogP contribution in [0.2, 0.25) is 0 Å². The van der Waals surface area contributed by atoms with Crippen LogP contribution in [-0.4, -0.2) is 36.5 Å². The van der Waals surface area contributed by atoms with Crippen molar-refractivity contribution in [2.24, 2.45) is 10.7 Å². The number of amidine groups is 1. The molecule has 0 aromatic carbocycles. The van der Waals surface area contributed by atoms with Gasteiger partial charge in [0.1, 0.15) is 0 Å². The van der Waals surface area contributed by atoms with Crippen LogP contribution in [0, 0.1) is 0 Å². The summed E-state index contributed by atoms with van der Waals surface area (Å²) in [4.78, 5) is 16.4. The van der Waals surface area contributed by atoms with Gasteiger partial charge in [0.05, 0.1) is 18.9 Å². The number of carbonyl (C=O) groups is 1. The molecule has 39 heavy (non-hydrogen) atoms. The van der Waals surface area contributed by atoms with Crippen LogP contribution >= 0.6 is 11.8 Å². The Morgan fingerprint density at radius 3 is 1.74 bits per heavy atom. The molecule has 4 nitrogen and oxygen atoms in total. The van der Waals surface area contributed by atoms with Crippen LogP contribution in [0.25, 0.3) is 0 Å². The van der Waals surface area contributed by atoms with Crippen molar-refractivity contribution >= 4 is 23.6 Å². The summed E-state index contributed by atoms with van der Waals surface area (Å²) in [6, 6.07) is 0. The van der Waals surface area contributed by atoms with E-state index >= 15 is 0 Å². The maximum absolute atomic E-state index is 11.8. The van der Waals surface area contributed by atoms with Gasteiger partial charge in [0.15, 0.2) is 0 Å². The predicted octanol–water partition coefficient (Wildman–Crippen LogP) is 10.6. The number of unbranched alkanes of at least 4 members (excludes halogenated alkanes) is 18. The molecule has 0 atom stereocenters. The summed E-state index contributed by atoms with van der Waals surface area (Å²) < 4.78 is 5.35. The minimum Gasteiger partial charge on any atom is -0.466 e. The van der Waals surface area contributed by atoms with Crippen LogP contribution in [0.3, 0.4) is 0 Å². The first kappa shape index (κ1) is 38.0. The van der Waals surface area contributed by atoms with E-state index in [0.29, 0.717) is 13.0 Å². The van der Waals surface area contributed by atoms with Crippen LogP contribution < -0.4 is 5.73 Å². The Bertz CT molecular complexity index is 565. The van der Waals surface area contributed by atoms with E-state index in [4.69, 9.17) is 10.5 Å². The summed E-state index contributed by atoms with van der Waals surface area (Å²) in [5.74, 6) is 2.60. The van der Waals surface area contributed by atoms with E-state index < -0.39 is 0 Å². The van der Waals surface area contributed by atoms with Gasteiger partial charge in [0.25, 0.3) is 0 Å². The molecule has 0 aliphatic heterocycles. The van der Waals surface area contributed by atoms with E-state index in [2.05, 4.69) is 31.0 Å². The fourth-order valence-corrected chi connectivity index (χ4v) is 5.45. The van der Waals surface area contributed by atoms with Crippen molar-refractivity contribution in [3.8, 4) is 0 Å². The molecule has 0 saturated carbocycles. The molecular formula is C34H66N2O2S. The van der Waals surface area contributed by atoms with Crippen molar-refractivity contribution in [3.05, 3.63) is 12.2 Å². The second kappa shape index (κ2) is 33.2. The highest BCUT2D eigenvalue weighted by atomic mass is 32.2. The summed E-state index contributed by atoms with van der Waals surface area (Å²) in [5.41, 5.74) is 6.08. The Kier molecular flexibility index (Phi) is 32.4. The third-order valence-electron chi connectivity index (χ3n) is 7.17. The van der Waals surface area contributed by atoms with Gasteiger partial charge in [-0.1, -0.05) is 122 Å². The van der Waals surface area contributed by atoms with E-state index in [9.17, 15) is 4.79 Å². The van der Waals surface area contributed by atoms with Crippen LogP contribution in [0.4, 0.5) is 0 Å². The molecule has 0 saturated heterocycles. The van der Waals surface area contributed by atoms with Crippen molar-refractivity contribution in [2.45, 2.75) is 168 Å². The molecule has 0 aliphatic rings. The molecule has 0 unspecified atom stereocenters. The third kappa shape index (κ3) is 33.1. The summed E-state index contributed by atoms with van der Waals surface area (Å²) in [5, 5.41) is 0. The molecule has 2 N–H and O–H groups in total. The fraction of sp³-hybridized carbons (Fsp3) is 0.882. The lowest BCUT2D eigenvalue weighted by molar-refractivity contribution is -0.143. The standard InChI is InChI=1S/C34H66N2O2S/c1-3-5-7-9-11-12-13-14-15-16-17-18-19-20-22-24-29-36-33(35)27-26-31-39-32-28-34(37)38-30-25-23-21-10-8-6-4-2/h14-15H,3-13,16-32H2,1-2H3,(H2,35,36). The van der Waals surface area contributed by atoms with Gasteiger partial charge in [-0.15, -0.1) is 0 Å². The summed E-state index contributed by atoms with van der Waals surface area (Å²) in [7, 11) is 0. The van der Waals surface area contributed by atoms with Gasteiger partial charge in [-0.25, -0.2) is 0 Å². The molecule has 0 radical (unpaired) electrons. The normalized spacial score (nSPS) is 12.0. The lowest BCUT2D eigenvalue weighted by Crippen LogP contribution is -2.12. The van der Waals surface area contributed by atoms with Gasteiger partial charge in [-0.3, -0.25) is 9.79 Å². The number of nitrogens with zero attached hydrogens (tertiary/aromatic N) is 1. The Labute approximate surface area is 248 Å². The highest BCUT2D eigenvalue weighted by molar-refractivity contribution is 7.99. The maximum atomic E-state index is 11.8. The first-order valence-corrected chi connectivity index (χ1v) is 18.0. The van der Waals surface area contributed by atoms with Gasteiger partial charge >= 0.3 is 5.97 Å². The highest BCUT2D eigenvalue weighted by Crippen LogP contribution is 2.11. The lowest BCUT2D eigenvalue weighted by atomic mass is 10.1. The largest absolute Gasteiger partial charge is 0.466 e. The zero-order valence-corrected chi connectivity index (χ0v) is 27.0. The fourth-order valence-electron chi connectivity index (χ4n) is 4.59. The average Bonchev–Trinajstić information content (AvgIpc) is 2.93. The smallest absolute Gasteiger partial charge is 0.306 e. The molecule has 5 heteroatoms. The molecule has 0 bridgehead atoms. The number of nitrogens with two attached hydrogens (primary N) is 1. The number of hydrogen-bond donors (Lipinski definition) is 1. The second-order valence-corrected chi connectivity index (χ2v) is 12.3. The number of ether oxygens (including phenoxy) is 1. The minimum atomic E-state index is -0.0507. The molecule has 0 spiro atoms. The van der Waals surface area contributed by atoms with E-state index in [-0.39, 0.29) is 5.97 Å². The summed E-state index contributed by atoms with van der Waals surface area (Å²) in [6.45, 7) is 5.97. The first-order chi connectivity index (χ1) is 19.2. The average molecular weight is 567 g/mol. The maximum Gasteiger partial charge on any atom is 0.306 e. The lowest BCUT2D eigenvalue weighted by Gasteiger charge is -2.05. The Morgan fingerprint density at radius 1 is 0.641 bits per heavy atom. The molecule has 0 amide bonds. The second-order valence-electron chi connectivity index (χ2n) is 11.1. The van der Waals surface area contributed by atoms with Crippen molar-refractivity contribution in [3.63, 3.8) is 0 Å². The molecular weight excluding hydrogens is 500 g/mol. The predicted molar refractivity (Wildman–Crippen MR) is 176 cm³/mol. The molecule has 0 aliphatic carbocycles. The highest BCUT2D eigenvalue weighted by Gasteiger charge is 2.03. The van der Waals surface area contributed by atoms with Crippen LogP contribution in [0.5, 0.6) is 0 Å². The Morgan fingerprint density at radius 2 is 1.15 bits per heavy atom. The minimum absolute atomic E-state index is 0.0507. The van der Waals surface area contributed by atoms with E-state index in [1.54, 1.807) is 0 Å². The van der Waals surface area contributed by atoms with E-state index in [0.717, 1.165) is 49.6 Å². The van der Waals surface area contributed by atoms with E-state index in [1.165, 1.54) is 122 Å². The van der Waals surface area contributed by atoms with E-state index in [1.807, 2.05) is 11.8 Å². The molecule has 0 aromatic rings. The van der Waals surface area contributed by atoms with Gasteiger partial charge in [0, 0.05) is 18.7 Å². The number of thioether (sulfide) groups is 1. The molecule has 0 aromatic heterocycles. The van der Waals surface area contributed by atoms with Crippen molar-refractivity contribution in [1.29, 1.82) is 0 Å². The molecule has 0 heterocycles. The monoisotopic (exact) mass is 566 g/mol. The number of carbonyl (C=O) groups excluding carboxylic acids is 1. The van der Waals surface area contributed by atoms with Gasteiger partial charge in [-0.05, 0) is 50.7 Å². The van der Waals surface area contributed by atoms with Crippen molar-refractivity contribution < 1.29 is 9.53 Å². The van der Waals surface area contributed by atoms with Crippen LogP contribution in [0.1, 0.15) is 168 Å². The van der Waals surface area contributed by atoms with Crippen LogP contribution in [-0.2, 0) is 9.53 Å². The number of esters is 1. The first-order valence-electron chi connectivity index (χ1n) is 16.9. The SMILES string of the molecule is CCCCCCCCC=CCCCCCCCCN=C(N)CCCSCCC(=O)OCCCCCCCCC. The van der Waals surface area contributed by atoms with Gasteiger partial charge in [0.2, 0.25) is 0 Å². The topological polar surface area (TPSA) is 64.7 Å². The van der Waals surface area contributed by atoms with Crippen molar-refractivity contribution in [2.75, 3.05) is 24.7 Å². The van der Waals surface area contributed by atoms with Crippen LogP contribution in [0.15, 0.2) is 17.1 Å². The molecule has 230 valence electrons. The summed E-state index contributed by atoms with van der Waals surface area (Å²) >= 11 is 1.81. The summed E-state index contributed by atoms with van der Waals surface area (Å²) in [6.07, 6.45) is 34.5. The Balaban J connectivity index is 3.35. The third-order valence-corrected chi connectivity index (χ3v) is 8.24. The number of rotatable bonds is 31. The zero-order chi connectivity index (χ0) is 28.5. The quantitative estimate of drug-likeness (QED) is 0.0298. The number of allylic oxidation sites excluding steroid dienone is 2. The zero-order valence-electron chi connectivity index (χ0n) is 26.2. The van der Waals surface area contributed by atoms with Crippen molar-refractivity contribution in [1.82, 2.24) is 0 Å². The number of aliphatic imine (C=N–C) groups is 1. The molecule has 0 rings (SSSR count). The van der Waals surface area contributed by atoms with Gasteiger partial charge in [-0.2, -0.15) is 11.8 Å². The number of hydrogen-bond acceptors (Lipinski definition) is 4. The molecule has 0 fully saturated rings.